The van der Waals surface area contributed by atoms with E-state index in [0.717, 1.165) is 24.1 Å². The van der Waals surface area contributed by atoms with Gasteiger partial charge in [0.2, 0.25) is 5.91 Å². The Labute approximate surface area is 140 Å². The molecule has 2 N–H and O–H groups in total. The molecule has 0 aromatic carbocycles. The molecule has 0 aromatic heterocycles. The third kappa shape index (κ3) is 4.88. The van der Waals surface area contributed by atoms with Gasteiger partial charge in [-0.3, -0.25) is 4.79 Å². The van der Waals surface area contributed by atoms with E-state index >= 15 is 0 Å². The van der Waals surface area contributed by atoms with E-state index in [2.05, 4.69) is 41.3 Å². The monoisotopic (exact) mass is 315 g/mol. The second-order valence-electron chi connectivity index (χ2n) is 5.63. The van der Waals surface area contributed by atoms with E-state index < -0.39 is 0 Å². The number of carbonyl (C=O) groups is 1. The molecule has 0 aliphatic heterocycles. The molecule has 0 spiro atoms. The Bertz CT molecular complexity index is 543. The number of carbonyl (C=O) groups excluding carboxylic acids is 1. The Kier molecular flexibility index (Phi) is 7.39. The molecule has 1 rings (SSSR count). The number of hydrogen-bond acceptors (Lipinski definition) is 3. The standard InChI is InChI=1S/C19H29N3O/c1-7-15-13-16(20-4)9-11-18(15)14(3)22(6)17(8-2)10-12-19(23)21-5/h7-8,13,17,20H,1-3,9-12H2,4-6H3,(H,21,23). The van der Waals surface area contributed by atoms with Crippen molar-refractivity contribution in [1.82, 2.24) is 15.5 Å². The second-order valence-corrected chi connectivity index (χ2v) is 5.63. The van der Waals surface area contributed by atoms with Crippen LogP contribution in [0.1, 0.15) is 25.7 Å². The molecule has 1 aliphatic carbocycles. The summed E-state index contributed by atoms with van der Waals surface area (Å²) < 4.78 is 0. The average Bonchev–Trinajstić information content (AvgIpc) is 2.60. The Morgan fingerprint density at radius 1 is 1.39 bits per heavy atom. The molecule has 1 atom stereocenters. The molecule has 1 unspecified atom stereocenters. The largest absolute Gasteiger partial charge is 0.391 e. The molecule has 0 aromatic rings. The van der Waals surface area contributed by atoms with Gasteiger partial charge in [-0.05, 0) is 36.5 Å². The minimum Gasteiger partial charge on any atom is -0.391 e. The van der Waals surface area contributed by atoms with Crippen molar-refractivity contribution in [3.05, 3.63) is 60.5 Å². The highest BCUT2D eigenvalue weighted by Gasteiger charge is 2.20. The Balaban J connectivity index is 2.90. The fourth-order valence-electron chi connectivity index (χ4n) is 2.73. The van der Waals surface area contributed by atoms with Crippen molar-refractivity contribution in [2.45, 2.75) is 31.7 Å². The topological polar surface area (TPSA) is 44.4 Å². The van der Waals surface area contributed by atoms with Crippen molar-refractivity contribution < 1.29 is 4.79 Å². The molecule has 0 radical (unpaired) electrons. The van der Waals surface area contributed by atoms with Crippen LogP contribution in [0.5, 0.6) is 0 Å². The quantitative estimate of drug-likeness (QED) is 0.643. The van der Waals surface area contributed by atoms with Gasteiger partial charge in [0, 0.05) is 45.0 Å². The molecule has 0 fully saturated rings. The van der Waals surface area contributed by atoms with Crippen molar-refractivity contribution in [3.8, 4) is 0 Å². The maximum Gasteiger partial charge on any atom is 0.219 e. The fourth-order valence-corrected chi connectivity index (χ4v) is 2.73. The lowest BCUT2D eigenvalue weighted by Gasteiger charge is -2.32. The van der Waals surface area contributed by atoms with Gasteiger partial charge in [-0.2, -0.15) is 0 Å². The lowest BCUT2D eigenvalue weighted by molar-refractivity contribution is -0.120. The third-order valence-electron chi connectivity index (χ3n) is 4.35. The van der Waals surface area contributed by atoms with Crippen LogP contribution in [0.3, 0.4) is 0 Å². The molecule has 126 valence electrons. The minimum absolute atomic E-state index is 0.0427. The molecule has 0 saturated carbocycles. The average molecular weight is 315 g/mol. The van der Waals surface area contributed by atoms with Gasteiger partial charge >= 0.3 is 0 Å². The molecule has 1 amide bonds. The van der Waals surface area contributed by atoms with Crippen LogP contribution >= 0.6 is 0 Å². The van der Waals surface area contributed by atoms with E-state index in [1.54, 1.807) is 7.05 Å². The maximum absolute atomic E-state index is 11.5. The summed E-state index contributed by atoms with van der Waals surface area (Å²) in [5.74, 6) is 0.0427. The summed E-state index contributed by atoms with van der Waals surface area (Å²) >= 11 is 0. The van der Waals surface area contributed by atoms with Crippen molar-refractivity contribution >= 4 is 5.91 Å². The molecule has 23 heavy (non-hydrogen) atoms. The molecule has 0 heterocycles. The van der Waals surface area contributed by atoms with Crippen LogP contribution in [0, 0.1) is 0 Å². The molecule has 0 bridgehead atoms. The lowest BCUT2D eigenvalue weighted by atomic mass is 9.92. The van der Waals surface area contributed by atoms with Crippen LogP contribution in [0.4, 0.5) is 0 Å². The van der Waals surface area contributed by atoms with Crippen LogP contribution in [0.2, 0.25) is 0 Å². The zero-order chi connectivity index (χ0) is 17.4. The van der Waals surface area contributed by atoms with Gasteiger partial charge in [-0.25, -0.2) is 0 Å². The number of allylic oxidation sites excluding steroid dienone is 5. The van der Waals surface area contributed by atoms with Crippen molar-refractivity contribution in [1.29, 1.82) is 0 Å². The molecular weight excluding hydrogens is 286 g/mol. The number of hydrogen-bond donors (Lipinski definition) is 2. The van der Waals surface area contributed by atoms with Crippen molar-refractivity contribution in [2.75, 3.05) is 21.1 Å². The smallest absolute Gasteiger partial charge is 0.219 e. The van der Waals surface area contributed by atoms with Crippen LogP contribution in [0.15, 0.2) is 60.5 Å². The first-order valence-corrected chi connectivity index (χ1v) is 7.97. The Hall–Kier alpha value is -2.23. The number of nitrogens with zero attached hydrogens (tertiary/aromatic N) is 1. The van der Waals surface area contributed by atoms with Crippen molar-refractivity contribution in [2.24, 2.45) is 0 Å². The third-order valence-corrected chi connectivity index (χ3v) is 4.35. The zero-order valence-electron chi connectivity index (χ0n) is 14.6. The molecular formula is C19H29N3O. The van der Waals surface area contributed by atoms with E-state index in [1.165, 1.54) is 11.3 Å². The number of rotatable bonds is 9. The van der Waals surface area contributed by atoms with Gasteiger partial charge in [-0.15, -0.1) is 6.58 Å². The predicted octanol–water partition coefficient (Wildman–Crippen LogP) is 2.89. The molecule has 4 nitrogen and oxygen atoms in total. The maximum atomic E-state index is 11.5. The SMILES string of the molecule is C=CC1=C(C(=C)N(C)C(C=C)CCC(=O)NC)CCC(NC)=C1. The van der Waals surface area contributed by atoms with Crippen LogP contribution < -0.4 is 10.6 Å². The number of amides is 1. The normalized spacial score (nSPS) is 15.3. The van der Waals surface area contributed by atoms with Crippen LogP contribution in [0.25, 0.3) is 0 Å². The van der Waals surface area contributed by atoms with E-state index in [1.807, 2.05) is 26.2 Å². The highest BCUT2D eigenvalue weighted by molar-refractivity contribution is 5.75. The minimum atomic E-state index is 0.0427. The molecule has 4 heteroatoms. The van der Waals surface area contributed by atoms with Gasteiger partial charge in [0.25, 0.3) is 0 Å². The summed E-state index contributed by atoms with van der Waals surface area (Å²) in [6, 6.07) is 0.0769. The summed E-state index contributed by atoms with van der Waals surface area (Å²) in [6.45, 7) is 12.1. The highest BCUT2D eigenvalue weighted by Crippen LogP contribution is 2.30. The van der Waals surface area contributed by atoms with Gasteiger partial charge in [0.1, 0.15) is 0 Å². The number of likely N-dealkylation sites (N-methyl/N-ethyl adjacent to an activating group) is 1. The van der Waals surface area contributed by atoms with Gasteiger partial charge < -0.3 is 15.5 Å². The van der Waals surface area contributed by atoms with E-state index in [9.17, 15) is 4.79 Å². The molecule has 0 saturated heterocycles. The summed E-state index contributed by atoms with van der Waals surface area (Å²) in [5.41, 5.74) is 4.48. The first kappa shape index (κ1) is 18.8. The van der Waals surface area contributed by atoms with Crippen molar-refractivity contribution in [3.63, 3.8) is 0 Å². The Morgan fingerprint density at radius 2 is 2.09 bits per heavy atom. The molecule has 1 aliphatic rings. The second kappa shape index (κ2) is 9.03. The van der Waals surface area contributed by atoms with E-state index in [-0.39, 0.29) is 11.9 Å². The first-order valence-electron chi connectivity index (χ1n) is 7.97. The summed E-state index contributed by atoms with van der Waals surface area (Å²) in [7, 11) is 5.59. The van der Waals surface area contributed by atoms with E-state index in [0.29, 0.717) is 12.8 Å². The summed E-state index contributed by atoms with van der Waals surface area (Å²) in [5, 5.41) is 5.86. The highest BCUT2D eigenvalue weighted by atomic mass is 16.1. The van der Waals surface area contributed by atoms with Gasteiger partial charge in [0.15, 0.2) is 0 Å². The van der Waals surface area contributed by atoms with Gasteiger partial charge in [0.05, 0.1) is 0 Å². The number of nitrogens with one attached hydrogen (secondary N) is 2. The van der Waals surface area contributed by atoms with E-state index in [4.69, 9.17) is 0 Å². The summed E-state index contributed by atoms with van der Waals surface area (Å²) in [4.78, 5) is 13.6. The van der Waals surface area contributed by atoms with Gasteiger partial charge in [-0.1, -0.05) is 25.3 Å². The summed E-state index contributed by atoms with van der Waals surface area (Å²) in [6.07, 6.45) is 8.95. The first-order chi connectivity index (χ1) is 11.0. The fraction of sp³-hybridized carbons (Fsp3) is 0.421. The van der Waals surface area contributed by atoms with Crippen LogP contribution in [-0.2, 0) is 4.79 Å². The predicted molar refractivity (Wildman–Crippen MR) is 97.8 cm³/mol. The lowest BCUT2D eigenvalue weighted by Crippen LogP contribution is -2.32. The van der Waals surface area contributed by atoms with Crippen LogP contribution in [-0.4, -0.2) is 38.0 Å². The zero-order valence-corrected chi connectivity index (χ0v) is 14.6. The Morgan fingerprint density at radius 3 is 2.61 bits per heavy atom.